The first-order valence-corrected chi connectivity index (χ1v) is 15.4. The Balaban J connectivity index is 1.43. The van der Waals surface area contributed by atoms with E-state index in [1.54, 1.807) is 4.72 Å². The van der Waals surface area contributed by atoms with Crippen molar-refractivity contribution < 1.29 is 35.9 Å². The molecule has 8 nitrogen and oxygen atoms in total. The molecule has 0 unspecified atom stereocenters. The molecule has 0 aromatic heterocycles. The van der Waals surface area contributed by atoms with Crippen molar-refractivity contribution in [2.24, 2.45) is 0 Å². The van der Waals surface area contributed by atoms with Gasteiger partial charge in [0.2, 0.25) is 15.9 Å². The highest BCUT2D eigenvalue weighted by atomic mass is 32.2. The number of hydrogen-bond acceptors (Lipinski definition) is 6. The molecule has 1 heterocycles. The molecule has 0 saturated carbocycles. The second kappa shape index (κ2) is 13.4. The fourth-order valence-electron chi connectivity index (χ4n) is 5.57. The number of fused-ring (bicyclic) bond motifs is 1. The van der Waals surface area contributed by atoms with Gasteiger partial charge in [-0.3, -0.25) is 9.69 Å². The highest BCUT2D eigenvalue weighted by molar-refractivity contribution is 7.89. The third kappa shape index (κ3) is 8.14. The summed E-state index contributed by atoms with van der Waals surface area (Å²) >= 11 is 0. The highest BCUT2D eigenvalue weighted by Crippen LogP contribution is 2.33. The summed E-state index contributed by atoms with van der Waals surface area (Å²) in [4.78, 5) is 14.9. The van der Waals surface area contributed by atoms with Gasteiger partial charge in [0.1, 0.15) is 6.04 Å². The molecule has 226 valence electrons. The Morgan fingerprint density at radius 2 is 1.71 bits per heavy atom. The lowest BCUT2D eigenvalue weighted by Gasteiger charge is -2.29. The molecule has 1 aliphatic carbocycles. The highest BCUT2D eigenvalue weighted by Gasteiger charge is 2.44. The van der Waals surface area contributed by atoms with Crippen LogP contribution in [0.3, 0.4) is 0 Å². The Kier molecular flexibility index (Phi) is 10.2. The van der Waals surface area contributed by atoms with E-state index in [0.717, 1.165) is 55.7 Å². The Labute approximate surface area is 239 Å². The second-order valence-corrected chi connectivity index (χ2v) is 12.4. The maximum Gasteiger partial charge on any atom is 0.405 e. The fraction of sp³-hybridized carbons (Fsp3) is 0.552. The molecular formula is C29H38F3N3O5S. The number of hydrogen-bond donors (Lipinski definition) is 2. The minimum absolute atomic E-state index is 0.0437. The topological polar surface area (TPSA) is 97.0 Å². The molecule has 1 amide bonds. The first kappa shape index (κ1) is 31.1. The van der Waals surface area contributed by atoms with Crippen molar-refractivity contribution >= 4 is 15.9 Å². The van der Waals surface area contributed by atoms with E-state index >= 15 is 0 Å². The van der Waals surface area contributed by atoms with Crippen LogP contribution < -0.4 is 19.5 Å². The van der Waals surface area contributed by atoms with Crippen molar-refractivity contribution in [2.45, 2.75) is 81.1 Å². The van der Waals surface area contributed by atoms with Crippen molar-refractivity contribution in [3.05, 3.63) is 53.1 Å². The van der Waals surface area contributed by atoms with Crippen LogP contribution in [0.1, 0.15) is 67.7 Å². The normalized spacial score (nSPS) is 19.1. The lowest BCUT2D eigenvalue weighted by Crippen LogP contribution is -2.48. The summed E-state index contributed by atoms with van der Waals surface area (Å²) in [7, 11) is -2.00. The maximum absolute atomic E-state index is 13.9. The zero-order valence-corrected chi connectivity index (χ0v) is 24.2. The number of nitrogens with zero attached hydrogens (tertiary/aromatic N) is 1. The zero-order chi connectivity index (χ0) is 29.6. The third-order valence-corrected chi connectivity index (χ3v) is 9.18. The van der Waals surface area contributed by atoms with E-state index in [9.17, 15) is 26.4 Å². The van der Waals surface area contributed by atoms with Crippen LogP contribution in [-0.4, -0.2) is 58.8 Å². The monoisotopic (exact) mass is 597 g/mol. The SMILES string of the molecule is COc1ccc(S(=O)(=O)N[C@@H](CC(=O)N[C@@H]2CCCc3cc(CN4CCCCCC4)ccc32)C(F)(F)F)cc1OC. The number of carbonyl (C=O) groups excluding carboxylic acids is 1. The predicted octanol–water partition coefficient (Wildman–Crippen LogP) is 4.87. The van der Waals surface area contributed by atoms with Gasteiger partial charge in [0.15, 0.2) is 11.5 Å². The summed E-state index contributed by atoms with van der Waals surface area (Å²) in [6.07, 6.45) is 1.06. The average molecular weight is 598 g/mol. The van der Waals surface area contributed by atoms with Gasteiger partial charge in [0.05, 0.1) is 31.6 Å². The van der Waals surface area contributed by atoms with E-state index in [4.69, 9.17) is 9.47 Å². The number of carbonyl (C=O) groups is 1. The number of methoxy groups -OCH3 is 2. The van der Waals surface area contributed by atoms with Gasteiger partial charge in [-0.05, 0) is 74.0 Å². The van der Waals surface area contributed by atoms with Crippen LogP contribution in [0.4, 0.5) is 13.2 Å². The molecule has 0 bridgehead atoms. The molecule has 2 aromatic carbocycles. The van der Waals surface area contributed by atoms with Gasteiger partial charge >= 0.3 is 6.18 Å². The average Bonchev–Trinajstić information content (AvgIpc) is 3.20. The Hall–Kier alpha value is -2.83. The number of alkyl halides is 3. The van der Waals surface area contributed by atoms with Gasteiger partial charge in [0, 0.05) is 12.6 Å². The number of ether oxygens (including phenoxy) is 2. The minimum Gasteiger partial charge on any atom is -0.493 e. The first-order chi connectivity index (χ1) is 19.5. The molecule has 2 aliphatic rings. The number of sulfonamides is 1. The van der Waals surface area contributed by atoms with Gasteiger partial charge in [-0.2, -0.15) is 17.9 Å². The number of benzene rings is 2. The maximum atomic E-state index is 13.9. The number of halogens is 3. The number of likely N-dealkylation sites (tertiary alicyclic amines) is 1. The molecule has 41 heavy (non-hydrogen) atoms. The number of amides is 1. The summed E-state index contributed by atoms with van der Waals surface area (Å²) in [5, 5.41) is 2.72. The quantitative estimate of drug-likeness (QED) is 0.406. The summed E-state index contributed by atoms with van der Waals surface area (Å²) in [5.41, 5.74) is 3.19. The molecule has 1 aliphatic heterocycles. The third-order valence-electron chi connectivity index (χ3n) is 7.71. The molecule has 2 aromatic rings. The number of aryl methyl sites for hydroxylation is 1. The van der Waals surface area contributed by atoms with Crippen molar-refractivity contribution in [1.29, 1.82) is 0 Å². The molecule has 1 fully saturated rings. The first-order valence-electron chi connectivity index (χ1n) is 13.9. The largest absolute Gasteiger partial charge is 0.493 e. The van der Waals surface area contributed by atoms with Gasteiger partial charge in [-0.1, -0.05) is 31.0 Å². The van der Waals surface area contributed by atoms with Crippen LogP contribution >= 0.6 is 0 Å². The Morgan fingerprint density at radius 3 is 2.37 bits per heavy atom. The zero-order valence-electron chi connectivity index (χ0n) is 23.4. The van der Waals surface area contributed by atoms with Crippen molar-refractivity contribution in [1.82, 2.24) is 14.9 Å². The molecule has 1 saturated heterocycles. The van der Waals surface area contributed by atoms with E-state index < -0.39 is 45.5 Å². The van der Waals surface area contributed by atoms with Crippen LogP contribution in [0, 0.1) is 0 Å². The van der Waals surface area contributed by atoms with Crippen LogP contribution in [0.15, 0.2) is 41.3 Å². The molecule has 4 rings (SSSR count). The molecule has 2 N–H and O–H groups in total. The van der Waals surface area contributed by atoms with E-state index in [1.165, 1.54) is 51.5 Å². The van der Waals surface area contributed by atoms with E-state index in [-0.39, 0.29) is 11.5 Å². The van der Waals surface area contributed by atoms with Crippen molar-refractivity contribution in [2.75, 3.05) is 27.3 Å². The van der Waals surface area contributed by atoms with Crippen LogP contribution in [0.2, 0.25) is 0 Å². The fourth-order valence-corrected chi connectivity index (χ4v) is 6.81. The van der Waals surface area contributed by atoms with Gasteiger partial charge in [-0.15, -0.1) is 0 Å². The van der Waals surface area contributed by atoms with Crippen LogP contribution in [0.25, 0.3) is 0 Å². The van der Waals surface area contributed by atoms with Crippen LogP contribution in [0.5, 0.6) is 11.5 Å². The van der Waals surface area contributed by atoms with E-state index in [2.05, 4.69) is 16.3 Å². The van der Waals surface area contributed by atoms with Gasteiger partial charge < -0.3 is 14.8 Å². The Morgan fingerprint density at radius 1 is 1.00 bits per heavy atom. The molecular weight excluding hydrogens is 559 g/mol. The van der Waals surface area contributed by atoms with Gasteiger partial charge in [0.25, 0.3) is 0 Å². The standard InChI is InChI=1S/C29H38F3N3O5S/c1-39-25-13-11-22(17-26(25)40-2)41(37,38)34-27(29(30,31)32)18-28(36)33-24-9-7-8-21-16-20(10-12-23(21)24)19-35-14-5-3-4-6-15-35/h10-13,16-17,24,27,34H,3-9,14-15,18-19H2,1-2H3,(H,33,36)/t24-,27+/m1/s1. The van der Waals surface area contributed by atoms with E-state index in [0.29, 0.717) is 6.42 Å². The lowest BCUT2D eigenvalue weighted by molar-refractivity contribution is -0.158. The predicted molar refractivity (Wildman–Crippen MR) is 148 cm³/mol. The van der Waals surface area contributed by atoms with E-state index in [1.807, 2.05) is 12.1 Å². The molecule has 0 radical (unpaired) electrons. The summed E-state index contributed by atoms with van der Waals surface area (Å²) in [5.74, 6) is -0.615. The molecule has 0 spiro atoms. The Bertz CT molecular complexity index is 1310. The minimum atomic E-state index is -4.99. The molecule has 2 atom stereocenters. The number of nitrogens with one attached hydrogen (secondary N) is 2. The lowest BCUT2D eigenvalue weighted by atomic mass is 9.86. The molecule has 12 heteroatoms. The van der Waals surface area contributed by atoms with Crippen molar-refractivity contribution in [3.8, 4) is 11.5 Å². The number of rotatable bonds is 10. The summed E-state index contributed by atoms with van der Waals surface area (Å²) in [6, 6.07) is 6.55. The van der Waals surface area contributed by atoms with Crippen LogP contribution in [-0.2, 0) is 27.8 Å². The second-order valence-electron chi connectivity index (χ2n) is 10.7. The van der Waals surface area contributed by atoms with Crippen molar-refractivity contribution in [3.63, 3.8) is 0 Å². The van der Waals surface area contributed by atoms with Gasteiger partial charge in [-0.25, -0.2) is 8.42 Å². The smallest absolute Gasteiger partial charge is 0.405 e. The summed E-state index contributed by atoms with van der Waals surface area (Å²) < 4.78 is 79.2. The summed E-state index contributed by atoms with van der Waals surface area (Å²) in [6.45, 7) is 3.01.